The van der Waals surface area contributed by atoms with E-state index in [0.29, 0.717) is 11.1 Å². The lowest BCUT2D eigenvalue weighted by Crippen LogP contribution is -2.49. The van der Waals surface area contributed by atoms with Gasteiger partial charge in [-0.25, -0.2) is 0 Å². The predicted molar refractivity (Wildman–Crippen MR) is 232 cm³/mol. The van der Waals surface area contributed by atoms with Crippen molar-refractivity contribution in [3.8, 4) is 0 Å². The summed E-state index contributed by atoms with van der Waals surface area (Å²) in [6.07, 6.45) is 11.6. The van der Waals surface area contributed by atoms with Gasteiger partial charge in [-0.2, -0.15) is 0 Å². The molecule has 2 aromatic carbocycles. The molecule has 3 atom stereocenters. The molecule has 2 aromatic heterocycles. The highest BCUT2D eigenvalue weighted by atomic mass is 31.1. The molecular weight excluding hydrogens is 687 g/mol. The first-order chi connectivity index (χ1) is 24.0. The maximum absolute atomic E-state index is 5.54. The Balaban J connectivity index is 1.35. The molecule has 0 radical (unpaired) electrons. The van der Waals surface area contributed by atoms with Crippen molar-refractivity contribution in [3.63, 3.8) is 0 Å². The first kappa shape index (κ1) is 36.0. The zero-order valence-electron chi connectivity index (χ0n) is 32.6. The van der Waals surface area contributed by atoms with Crippen LogP contribution in [0.5, 0.6) is 0 Å². The van der Waals surface area contributed by atoms with Crippen molar-refractivity contribution in [2.45, 2.75) is 108 Å². The molecule has 4 bridgehead atoms. The van der Waals surface area contributed by atoms with Crippen LogP contribution in [0.15, 0.2) is 94.8 Å². The van der Waals surface area contributed by atoms with E-state index in [2.05, 4.69) is 148 Å². The molecule has 4 aromatic rings. The number of hydrogen-bond acceptors (Lipinski definition) is 2. The number of para-hydroxylation sites is 2. The quantitative estimate of drug-likeness (QED) is 0.133. The summed E-state index contributed by atoms with van der Waals surface area (Å²) in [5.41, 5.74) is 6.79. The molecule has 9 rings (SSSR count). The third kappa shape index (κ3) is 6.41. The average Bonchev–Trinajstić information content (AvgIpc) is 3.47. The van der Waals surface area contributed by atoms with Gasteiger partial charge in [0.15, 0.2) is 0 Å². The van der Waals surface area contributed by atoms with Crippen molar-refractivity contribution >= 4 is 55.1 Å². The van der Waals surface area contributed by atoms with Crippen LogP contribution in [-0.2, 0) is 5.16 Å². The van der Waals surface area contributed by atoms with Gasteiger partial charge >= 0.3 is 0 Å². The second-order valence-electron chi connectivity index (χ2n) is 19.8. The number of pyridine rings is 2. The first-order valence-electron chi connectivity index (χ1n) is 19.8. The van der Waals surface area contributed by atoms with Gasteiger partial charge in [0.25, 0.3) is 0 Å². The van der Waals surface area contributed by atoms with E-state index in [1.807, 2.05) is 5.20 Å². The van der Waals surface area contributed by atoms with E-state index < -0.39 is 21.3 Å². The van der Waals surface area contributed by atoms with E-state index in [0.717, 1.165) is 51.8 Å². The normalized spacial score (nSPS) is 27.5. The minimum absolute atomic E-state index is 0.247. The summed E-state index contributed by atoms with van der Waals surface area (Å²) in [6, 6.07) is 26.5. The van der Waals surface area contributed by atoms with Gasteiger partial charge in [-0.3, -0.25) is 9.97 Å². The minimum atomic E-state index is -1.76. The molecule has 4 fully saturated rings. The van der Waals surface area contributed by atoms with Gasteiger partial charge in [-0.05, 0) is 103 Å². The number of rotatable bonds is 8. The summed E-state index contributed by atoms with van der Waals surface area (Å²) in [4.78, 5) is 11.1. The van der Waals surface area contributed by atoms with Crippen LogP contribution in [-0.4, -0.2) is 43.1 Å². The topological polar surface area (TPSA) is 25.8 Å². The average molecular weight is 747 g/mol. The highest BCUT2D eigenvalue weighted by molar-refractivity contribution is 7.60. The van der Waals surface area contributed by atoms with Gasteiger partial charge in [-0.1, -0.05) is 133 Å². The number of aromatic nitrogens is 2. The first-order valence-corrected chi connectivity index (χ1v) is 28.9. The van der Waals surface area contributed by atoms with Crippen LogP contribution >= 0.6 is 17.2 Å². The van der Waals surface area contributed by atoms with Gasteiger partial charge in [0.05, 0.1) is 43.7 Å². The Labute approximate surface area is 313 Å². The number of hydrogen-bond donors (Lipinski definition) is 0. The van der Waals surface area contributed by atoms with E-state index in [1.165, 1.54) is 49.0 Å². The molecule has 51 heavy (non-hydrogen) atoms. The van der Waals surface area contributed by atoms with Gasteiger partial charge in [0.1, 0.15) is 0 Å². The number of fused-ring (bicyclic) bond motifs is 2. The molecule has 0 N–H and O–H groups in total. The molecular formula is C45H60N2P2Si2. The Morgan fingerprint density at radius 3 is 1.61 bits per heavy atom. The summed E-state index contributed by atoms with van der Waals surface area (Å²) >= 11 is 0. The highest BCUT2D eigenvalue weighted by Crippen LogP contribution is 2.69. The molecule has 268 valence electrons. The summed E-state index contributed by atoms with van der Waals surface area (Å²) in [5, 5.41) is 5.72. The molecule has 0 spiro atoms. The highest BCUT2D eigenvalue weighted by Gasteiger charge is 2.55. The zero-order valence-corrected chi connectivity index (χ0v) is 36.7. The Bertz CT molecular complexity index is 1940. The van der Waals surface area contributed by atoms with Gasteiger partial charge < -0.3 is 0 Å². The van der Waals surface area contributed by atoms with Crippen LogP contribution in [0.3, 0.4) is 0 Å². The number of nitrogens with zero attached hydrogens (tertiary/aromatic N) is 2. The lowest BCUT2D eigenvalue weighted by atomic mass is 9.56. The zero-order chi connectivity index (χ0) is 36.1. The molecule has 4 saturated carbocycles. The van der Waals surface area contributed by atoms with Crippen molar-refractivity contribution in [2.75, 3.05) is 6.16 Å². The van der Waals surface area contributed by atoms with Gasteiger partial charge in [0, 0.05) is 16.7 Å². The van der Waals surface area contributed by atoms with Crippen LogP contribution in [0.25, 0.3) is 21.8 Å². The van der Waals surface area contributed by atoms with Crippen molar-refractivity contribution < 1.29 is 0 Å². The van der Waals surface area contributed by atoms with Gasteiger partial charge in [-0.15, -0.1) is 9.24 Å². The molecule has 6 heteroatoms. The molecule has 2 nitrogen and oxygen atoms in total. The summed E-state index contributed by atoms with van der Waals surface area (Å²) in [7, 11) is -0.266. The van der Waals surface area contributed by atoms with Crippen LogP contribution < -0.4 is 0 Å². The second kappa shape index (κ2) is 12.8. The van der Waals surface area contributed by atoms with E-state index in [-0.39, 0.29) is 7.92 Å². The second-order valence-corrected chi connectivity index (χ2v) is 34.0. The van der Waals surface area contributed by atoms with Crippen molar-refractivity contribution in [3.05, 3.63) is 106 Å². The Morgan fingerprint density at radius 1 is 0.667 bits per heavy atom. The fraction of sp³-hybridized carbons (Fsp3) is 0.511. The van der Waals surface area contributed by atoms with Crippen LogP contribution in [0.1, 0.15) is 64.3 Å². The smallest absolute Gasteiger partial charge is 0.0902 e. The monoisotopic (exact) mass is 746 g/mol. The molecule has 2 heterocycles. The van der Waals surface area contributed by atoms with E-state index in [9.17, 15) is 0 Å². The SMILES string of the molecule is CC(C)(C)P(CC1C(C(P)(c2ccc3ccccc3n2)c2ccc3ccccc3n2)=CC([Si](C)(C)C)=C1[Si](C)(C)C)C1C2CC3CC(C2)CC1C3. The number of allylic oxidation sites excluding steroid dienone is 4. The largest absolute Gasteiger partial charge is 0.251 e. The fourth-order valence-electron chi connectivity index (χ4n) is 11.2. The van der Waals surface area contributed by atoms with Crippen LogP contribution in [0, 0.1) is 29.6 Å². The summed E-state index contributed by atoms with van der Waals surface area (Å²) < 4.78 is 0. The van der Waals surface area contributed by atoms with Crippen LogP contribution in [0.4, 0.5) is 0 Å². The Morgan fingerprint density at radius 2 is 1.16 bits per heavy atom. The number of benzene rings is 2. The molecule has 0 saturated heterocycles. The Hall–Kier alpha value is -1.97. The van der Waals surface area contributed by atoms with E-state index in [4.69, 9.17) is 9.97 Å². The molecule has 5 aliphatic carbocycles. The molecule has 3 unspecified atom stereocenters. The summed E-state index contributed by atoms with van der Waals surface area (Å²) in [6.45, 7) is 23.5. The van der Waals surface area contributed by atoms with Crippen molar-refractivity contribution in [2.24, 2.45) is 29.6 Å². The van der Waals surface area contributed by atoms with E-state index in [1.54, 1.807) is 10.8 Å². The third-order valence-corrected chi connectivity index (χ3v) is 22.7. The maximum atomic E-state index is 5.54. The standard InChI is InChI=1S/C45H60N2P2Si2/c1-44(2,3)49(42-33-23-29-22-30(25-33)26-34(42)24-29)28-35-36(27-39(50(4,5)6)43(35)51(7,8)9)45(48,40-20-18-31-14-10-12-16-37(31)46-40)41-21-19-32-15-11-13-17-38(32)47-41/h10-21,27,29-30,33-35,42H,22-26,28,48H2,1-9H3. The minimum Gasteiger partial charge on any atom is -0.251 e. The van der Waals surface area contributed by atoms with Crippen molar-refractivity contribution in [1.82, 2.24) is 9.97 Å². The van der Waals surface area contributed by atoms with Crippen LogP contribution in [0.2, 0.25) is 39.3 Å². The third-order valence-electron chi connectivity index (χ3n) is 13.2. The molecule has 0 aliphatic heterocycles. The maximum Gasteiger partial charge on any atom is 0.0902 e. The fourth-order valence-corrected chi connectivity index (χ4v) is 22.0. The Kier molecular flexibility index (Phi) is 9.06. The van der Waals surface area contributed by atoms with Gasteiger partial charge in [0.2, 0.25) is 0 Å². The molecule has 0 amide bonds. The lowest BCUT2D eigenvalue weighted by molar-refractivity contribution is 0.0242. The van der Waals surface area contributed by atoms with Crippen molar-refractivity contribution in [1.29, 1.82) is 0 Å². The molecule has 5 aliphatic rings. The lowest BCUT2D eigenvalue weighted by Gasteiger charge is -2.59. The summed E-state index contributed by atoms with van der Waals surface area (Å²) in [5.74, 6) is 4.33. The predicted octanol–water partition coefficient (Wildman–Crippen LogP) is 12.6. The van der Waals surface area contributed by atoms with E-state index >= 15 is 0 Å².